The summed E-state index contributed by atoms with van der Waals surface area (Å²) in [5, 5.41) is 11.4. The molecule has 2 rings (SSSR count). The van der Waals surface area contributed by atoms with Crippen LogP contribution in [0.2, 0.25) is 0 Å². The number of aromatic carboxylic acids is 1. The summed E-state index contributed by atoms with van der Waals surface area (Å²) in [4.78, 5) is 24.7. The number of urea groups is 1. The Morgan fingerprint density at radius 2 is 2.10 bits per heavy atom. The van der Waals surface area contributed by atoms with Gasteiger partial charge in [0.15, 0.2) is 0 Å². The smallest absolute Gasteiger partial charge is 0.338 e. The zero-order valence-electron chi connectivity index (χ0n) is 11.9. The van der Waals surface area contributed by atoms with Gasteiger partial charge >= 0.3 is 12.0 Å². The molecule has 1 aliphatic rings. The number of nitrogens with one attached hydrogen (secondary N) is 1. The lowest BCUT2D eigenvalue weighted by Gasteiger charge is -2.27. The highest BCUT2D eigenvalue weighted by Gasteiger charge is 2.22. The van der Waals surface area contributed by atoms with Crippen LogP contribution >= 0.6 is 0 Å². The van der Waals surface area contributed by atoms with Crippen molar-refractivity contribution in [2.24, 2.45) is 0 Å². The molecule has 1 atom stereocenters. The van der Waals surface area contributed by atoms with Gasteiger partial charge in [-0.15, -0.1) is 0 Å². The fourth-order valence-electron chi connectivity index (χ4n) is 2.54. The van der Waals surface area contributed by atoms with Crippen LogP contribution in [0.15, 0.2) is 18.2 Å². The highest BCUT2D eigenvalue weighted by atomic mass is 19.1. The van der Waals surface area contributed by atoms with E-state index in [1.165, 1.54) is 6.07 Å². The van der Waals surface area contributed by atoms with Crippen LogP contribution in [-0.2, 0) is 0 Å². The van der Waals surface area contributed by atoms with Gasteiger partial charge in [0.05, 0.1) is 5.56 Å². The van der Waals surface area contributed by atoms with E-state index in [1.54, 1.807) is 4.90 Å². The molecule has 1 aliphatic heterocycles. The van der Waals surface area contributed by atoms with E-state index in [1.807, 2.05) is 6.92 Å². The first-order valence-electron chi connectivity index (χ1n) is 7.09. The van der Waals surface area contributed by atoms with E-state index in [-0.39, 0.29) is 17.8 Å². The lowest BCUT2D eigenvalue weighted by atomic mass is 10.1. The molecule has 0 spiro atoms. The summed E-state index contributed by atoms with van der Waals surface area (Å²) in [5.41, 5.74) is -0.143. The number of carboxylic acids is 1. The summed E-state index contributed by atoms with van der Waals surface area (Å²) in [6.07, 6.45) is 4.13. The molecule has 114 valence electrons. The van der Waals surface area contributed by atoms with Gasteiger partial charge in [-0.1, -0.05) is 12.8 Å². The first-order chi connectivity index (χ1) is 9.99. The predicted molar refractivity (Wildman–Crippen MR) is 77.0 cm³/mol. The third-order valence-electron chi connectivity index (χ3n) is 3.76. The number of halogens is 1. The number of carbonyl (C=O) groups excluding carboxylic acids is 1. The molecule has 0 aliphatic carbocycles. The first kappa shape index (κ1) is 15.3. The Morgan fingerprint density at radius 1 is 1.33 bits per heavy atom. The number of carbonyl (C=O) groups is 2. The molecule has 0 saturated carbocycles. The zero-order chi connectivity index (χ0) is 15.4. The van der Waals surface area contributed by atoms with Gasteiger partial charge in [-0.3, -0.25) is 0 Å². The molecule has 1 fully saturated rings. The normalized spacial score (nSPS) is 19.0. The molecular formula is C15H19FN2O3. The Balaban J connectivity index is 2.08. The van der Waals surface area contributed by atoms with Crippen molar-refractivity contribution < 1.29 is 19.1 Å². The SMILES string of the molecule is CC1CCCCCN1C(=O)Nc1ccc(C(=O)O)c(F)c1. The summed E-state index contributed by atoms with van der Waals surface area (Å²) in [5.74, 6) is -2.18. The molecule has 2 N–H and O–H groups in total. The van der Waals surface area contributed by atoms with Gasteiger partial charge in [0, 0.05) is 18.3 Å². The number of hydrogen-bond acceptors (Lipinski definition) is 2. The molecule has 6 heteroatoms. The Morgan fingerprint density at radius 3 is 2.76 bits per heavy atom. The van der Waals surface area contributed by atoms with Crippen molar-refractivity contribution in [2.75, 3.05) is 11.9 Å². The van der Waals surface area contributed by atoms with Gasteiger partial charge in [0.1, 0.15) is 5.82 Å². The summed E-state index contributed by atoms with van der Waals surface area (Å²) < 4.78 is 13.6. The van der Waals surface area contributed by atoms with Crippen LogP contribution in [0.4, 0.5) is 14.9 Å². The number of hydrogen-bond donors (Lipinski definition) is 2. The zero-order valence-corrected chi connectivity index (χ0v) is 11.9. The number of nitrogens with zero attached hydrogens (tertiary/aromatic N) is 1. The molecule has 0 bridgehead atoms. The number of anilines is 1. The first-order valence-corrected chi connectivity index (χ1v) is 7.09. The van der Waals surface area contributed by atoms with Crippen molar-refractivity contribution in [1.82, 2.24) is 4.90 Å². The largest absolute Gasteiger partial charge is 0.478 e. The van der Waals surface area contributed by atoms with Gasteiger partial charge in [-0.2, -0.15) is 0 Å². The lowest BCUT2D eigenvalue weighted by Crippen LogP contribution is -2.41. The number of rotatable bonds is 2. The molecule has 1 saturated heterocycles. The maximum Gasteiger partial charge on any atom is 0.338 e. The van der Waals surface area contributed by atoms with Crippen molar-refractivity contribution in [2.45, 2.75) is 38.6 Å². The minimum Gasteiger partial charge on any atom is -0.478 e. The maximum atomic E-state index is 13.6. The van der Waals surface area contributed by atoms with Gasteiger partial charge in [0.25, 0.3) is 0 Å². The van der Waals surface area contributed by atoms with Gasteiger partial charge in [0.2, 0.25) is 0 Å². The minimum atomic E-state index is -1.33. The van der Waals surface area contributed by atoms with E-state index in [4.69, 9.17) is 5.11 Å². The Labute approximate surface area is 122 Å². The summed E-state index contributed by atoms with van der Waals surface area (Å²) in [7, 11) is 0. The van der Waals surface area contributed by atoms with Crippen LogP contribution in [0.1, 0.15) is 43.0 Å². The lowest BCUT2D eigenvalue weighted by molar-refractivity contribution is 0.0692. The van der Waals surface area contributed by atoms with Crippen molar-refractivity contribution >= 4 is 17.7 Å². The van der Waals surface area contributed by atoms with E-state index < -0.39 is 17.3 Å². The molecule has 1 heterocycles. The molecule has 21 heavy (non-hydrogen) atoms. The van der Waals surface area contributed by atoms with Crippen molar-refractivity contribution in [1.29, 1.82) is 0 Å². The second-order valence-electron chi connectivity index (χ2n) is 5.32. The van der Waals surface area contributed by atoms with E-state index >= 15 is 0 Å². The third-order valence-corrected chi connectivity index (χ3v) is 3.76. The molecule has 0 radical (unpaired) electrons. The van der Waals surface area contributed by atoms with Crippen molar-refractivity contribution in [3.63, 3.8) is 0 Å². The Kier molecular flexibility index (Phi) is 4.77. The number of carboxylic acid groups (broad SMARTS) is 1. The van der Waals surface area contributed by atoms with Crippen LogP contribution in [-0.4, -0.2) is 34.6 Å². The average Bonchev–Trinajstić information content (AvgIpc) is 2.63. The molecule has 5 nitrogen and oxygen atoms in total. The van der Waals surface area contributed by atoms with E-state index in [9.17, 15) is 14.0 Å². The second-order valence-corrected chi connectivity index (χ2v) is 5.32. The maximum absolute atomic E-state index is 13.6. The topological polar surface area (TPSA) is 69.6 Å². The molecule has 1 unspecified atom stereocenters. The number of benzene rings is 1. The predicted octanol–water partition coefficient (Wildman–Crippen LogP) is 3.32. The van der Waals surface area contributed by atoms with Crippen molar-refractivity contribution in [3.05, 3.63) is 29.6 Å². The van der Waals surface area contributed by atoms with Crippen LogP contribution in [0.3, 0.4) is 0 Å². The molecule has 1 aromatic carbocycles. The van der Waals surface area contributed by atoms with Gasteiger partial charge < -0.3 is 15.3 Å². The average molecular weight is 294 g/mol. The number of likely N-dealkylation sites (tertiary alicyclic amines) is 1. The fraction of sp³-hybridized carbons (Fsp3) is 0.467. The van der Waals surface area contributed by atoms with E-state index in [2.05, 4.69) is 5.32 Å². The Hall–Kier alpha value is -2.11. The van der Waals surface area contributed by atoms with Crippen molar-refractivity contribution in [3.8, 4) is 0 Å². The van der Waals surface area contributed by atoms with E-state index in [0.717, 1.165) is 37.8 Å². The standard InChI is InChI=1S/C15H19FN2O3/c1-10-5-3-2-4-8-18(10)15(21)17-11-6-7-12(14(19)20)13(16)9-11/h6-7,9-10H,2-5,8H2,1H3,(H,17,21)(H,19,20). The summed E-state index contributed by atoms with van der Waals surface area (Å²) in [6, 6.07) is 3.46. The summed E-state index contributed by atoms with van der Waals surface area (Å²) in [6.45, 7) is 2.68. The van der Waals surface area contributed by atoms with Crippen LogP contribution in [0.25, 0.3) is 0 Å². The fourth-order valence-corrected chi connectivity index (χ4v) is 2.54. The van der Waals surface area contributed by atoms with E-state index in [0.29, 0.717) is 6.54 Å². The quantitative estimate of drug-likeness (QED) is 0.879. The Bertz CT molecular complexity index is 548. The van der Waals surface area contributed by atoms with Crippen LogP contribution in [0, 0.1) is 5.82 Å². The molecular weight excluding hydrogens is 275 g/mol. The monoisotopic (exact) mass is 294 g/mol. The minimum absolute atomic E-state index is 0.149. The van der Waals surface area contributed by atoms with Crippen LogP contribution < -0.4 is 5.32 Å². The van der Waals surface area contributed by atoms with Gasteiger partial charge in [-0.05, 0) is 38.0 Å². The molecule has 1 aromatic rings. The van der Waals surface area contributed by atoms with Gasteiger partial charge in [-0.25, -0.2) is 14.0 Å². The summed E-state index contributed by atoms with van der Waals surface area (Å²) >= 11 is 0. The second kappa shape index (κ2) is 6.56. The third kappa shape index (κ3) is 3.71. The highest BCUT2D eigenvalue weighted by molar-refractivity contribution is 5.92. The molecule has 0 aromatic heterocycles. The highest BCUT2D eigenvalue weighted by Crippen LogP contribution is 2.19. The number of amides is 2. The molecule has 2 amide bonds. The van der Waals surface area contributed by atoms with Crippen LogP contribution in [0.5, 0.6) is 0 Å².